The van der Waals surface area contributed by atoms with Crippen LogP contribution in [0.3, 0.4) is 0 Å². The molecule has 0 saturated heterocycles. The molecule has 0 heterocycles. The molecule has 0 amide bonds. The summed E-state index contributed by atoms with van der Waals surface area (Å²) in [7, 11) is 0. The summed E-state index contributed by atoms with van der Waals surface area (Å²) in [6, 6.07) is 24.3. The van der Waals surface area contributed by atoms with Gasteiger partial charge in [0.25, 0.3) is 0 Å². The van der Waals surface area contributed by atoms with Crippen LogP contribution in [-0.4, -0.2) is 5.11 Å². The zero-order chi connectivity index (χ0) is 14.2. The van der Waals surface area contributed by atoms with Crippen LogP contribution in [-0.2, 0) is 0 Å². The van der Waals surface area contributed by atoms with Gasteiger partial charge in [0.05, 0.1) is 6.04 Å². The molecule has 0 fully saturated rings. The second-order valence-electron chi connectivity index (χ2n) is 5.30. The Morgan fingerprint density at radius 1 is 0.714 bits per heavy atom. The quantitative estimate of drug-likeness (QED) is 0.716. The van der Waals surface area contributed by atoms with Crippen molar-refractivity contribution in [3.63, 3.8) is 0 Å². The van der Waals surface area contributed by atoms with Gasteiger partial charge >= 0.3 is 0 Å². The van der Waals surface area contributed by atoms with Gasteiger partial charge in [-0.05, 0) is 34.4 Å². The van der Waals surface area contributed by atoms with Gasteiger partial charge in [0.2, 0.25) is 0 Å². The number of benzene rings is 3. The maximum Gasteiger partial charge on any atom is 0.117 e. The van der Waals surface area contributed by atoms with Crippen LogP contribution < -0.4 is 5.32 Å². The van der Waals surface area contributed by atoms with E-state index in [0.717, 1.165) is 5.69 Å². The van der Waals surface area contributed by atoms with E-state index in [2.05, 4.69) is 53.8 Å². The zero-order valence-corrected chi connectivity index (χ0v) is 11.5. The number of hydrogen-bond acceptors (Lipinski definition) is 2. The number of rotatable bonds is 2. The van der Waals surface area contributed by atoms with Gasteiger partial charge in [0.15, 0.2) is 0 Å². The summed E-state index contributed by atoms with van der Waals surface area (Å²) in [4.78, 5) is 0. The van der Waals surface area contributed by atoms with Gasteiger partial charge in [0.1, 0.15) is 5.75 Å². The molecule has 3 aromatic carbocycles. The van der Waals surface area contributed by atoms with E-state index in [1.165, 1.54) is 22.3 Å². The molecule has 102 valence electrons. The van der Waals surface area contributed by atoms with Crippen molar-refractivity contribution in [2.45, 2.75) is 6.04 Å². The minimum absolute atomic E-state index is 0.124. The first kappa shape index (κ1) is 12.0. The number of fused-ring (bicyclic) bond motifs is 3. The molecule has 4 rings (SSSR count). The SMILES string of the molecule is Oc1cccc(NC2c3ccccc3-c3ccccc32)c1. The number of aromatic hydroxyl groups is 1. The summed E-state index contributed by atoms with van der Waals surface area (Å²) in [5.74, 6) is 0.277. The van der Waals surface area contributed by atoms with E-state index in [1.54, 1.807) is 12.1 Å². The van der Waals surface area contributed by atoms with Crippen molar-refractivity contribution >= 4 is 5.69 Å². The van der Waals surface area contributed by atoms with Gasteiger partial charge in [-0.1, -0.05) is 54.6 Å². The minimum atomic E-state index is 0.124. The van der Waals surface area contributed by atoms with E-state index in [1.807, 2.05) is 12.1 Å². The molecule has 0 radical (unpaired) electrons. The van der Waals surface area contributed by atoms with E-state index >= 15 is 0 Å². The lowest BCUT2D eigenvalue weighted by Crippen LogP contribution is -2.09. The molecule has 21 heavy (non-hydrogen) atoms. The third kappa shape index (κ3) is 1.96. The van der Waals surface area contributed by atoms with E-state index in [9.17, 15) is 5.11 Å². The van der Waals surface area contributed by atoms with Crippen LogP contribution >= 0.6 is 0 Å². The van der Waals surface area contributed by atoms with Crippen LogP contribution in [0.1, 0.15) is 17.2 Å². The number of anilines is 1. The van der Waals surface area contributed by atoms with E-state index in [-0.39, 0.29) is 11.8 Å². The second kappa shape index (κ2) is 4.67. The average Bonchev–Trinajstić information content (AvgIpc) is 2.83. The van der Waals surface area contributed by atoms with Crippen molar-refractivity contribution in [1.82, 2.24) is 0 Å². The van der Waals surface area contributed by atoms with Crippen LogP contribution in [0, 0.1) is 0 Å². The first-order valence-electron chi connectivity index (χ1n) is 7.07. The fraction of sp³-hybridized carbons (Fsp3) is 0.0526. The van der Waals surface area contributed by atoms with Crippen molar-refractivity contribution in [2.75, 3.05) is 5.32 Å². The summed E-state index contributed by atoms with van der Waals surface area (Å²) in [6.07, 6.45) is 0. The highest BCUT2D eigenvalue weighted by molar-refractivity contribution is 5.80. The summed E-state index contributed by atoms with van der Waals surface area (Å²) in [5, 5.41) is 13.2. The molecule has 0 atom stereocenters. The smallest absolute Gasteiger partial charge is 0.117 e. The molecule has 0 aliphatic heterocycles. The number of hydrogen-bond donors (Lipinski definition) is 2. The van der Waals surface area contributed by atoms with E-state index in [0.29, 0.717) is 0 Å². The highest BCUT2D eigenvalue weighted by Crippen LogP contribution is 2.44. The van der Waals surface area contributed by atoms with Crippen molar-refractivity contribution in [3.05, 3.63) is 83.9 Å². The molecular weight excluding hydrogens is 258 g/mol. The fourth-order valence-electron chi connectivity index (χ4n) is 3.07. The van der Waals surface area contributed by atoms with Crippen LogP contribution in [0.5, 0.6) is 5.75 Å². The summed E-state index contributed by atoms with van der Waals surface area (Å²) >= 11 is 0. The van der Waals surface area contributed by atoms with Crippen molar-refractivity contribution in [1.29, 1.82) is 0 Å². The van der Waals surface area contributed by atoms with Crippen molar-refractivity contribution in [2.24, 2.45) is 0 Å². The molecule has 0 bridgehead atoms. The molecule has 3 aromatic rings. The maximum atomic E-state index is 9.64. The second-order valence-corrected chi connectivity index (χ2v) is 5.30. The normalized spacial score (nSPS) is 12.8. The molecule has 1 aliphatic carbocycles. The van der Waals surface area contributed by atoms with Crippen LogP contribution in [0.2, 0.25) is 0 Å². The minimum Gasteiger partial charge on any atom is -0.508 e. The van der Waals surface area contributed by atoms with Gasteiger partial charge in [-0.25, -0.2) is 0 Å². The van der Waals surface area contributed by atoms with E-state index < -0.39 is 0 Å². The Morgan fingerprint density at radius 3 is 1.95 bits per heavy atom. The Kier molecular flexibility index (Phi) is 2.68. The Morgan fingerprint density at radius 2 is 1.33 bits per heavy atom. The predicted octanol–water partition coefficient (Wildman–Crippen LogP) is 4.57. The lowest BCUT2D eigenvalue weighted by atomic mass is 10.1. The predicted molar refractivity (Wildman–Crippen MR) is 85.5 cm³/mol. The van der Waals surface area contributed by atoms with Gasteiger partial charge in [0, 0.05) is 11.8 Å². The monoisotopic (exact) mass is 273 g/mol. The Labute approximate surface area is 123 Å². The molecule has 2 heteroatoms. The Hall–Kier alpha value is -2.74. The highest BCUT2D eigenvalue weighted by Gasteiger charge is 2.27. The molecule has 0 unspecified atom stereocenters. The first-order valence-corrected chi connectivity index (χ1v) is 7.07. The molecule has 1 aliphatic rings. The van der Waals surface area contributed by atoms with Gasteiger partial charge in [-0.15, -0.1) is 0 Å². The van der Waals surface area contributed by atoms with Crippen molar-refractivity contribution in [3.8, 4) is 16.9 Å². The molecular formula is C19H15NO. The number of phenols is 1. The largest absolute Gasteiger partial charge is 0.508 e. The van der Waals surface area contributed by atoms with Crippen LogP contribution in [0.15, 0.2) is 72.8 Å². The topological polar surface area (TPSA) is 32.3 Å². The van der Waals surface area contributed by atoms with Gasteiger partial charge in [-0.3, -0.25) is 0 Å². The summed E-state index contributed by atoms with van der Waals surface area (Å²) in [6.45, 7) is 0. The van der Waals surface area contributed by atoms with Crippen LogP contribution in [0.4, 0.5) is 5.69 Å². The third-order valence-corrected chi connectivity index (χ3v) is 3.99. The lowest BCUT2D eigenvalue weighted by Gasteiger charge is -2.17. The fourth-order valence-corrected chi connectivity index (χ4v) is 3.07. The lowest BCUT2D eigenvalue weighted by molar-refractivity contribution is 0.475. The molecule has 2 nitrogen and oxygen atoms in total. The van der Waals surface area contributed by atoms with Gasteiger partial charge in [-0.2, -0.15) is 0 Å². The molecule has 0 aromatic heterocycles. The van der Waals surface area contributed by atoms with E-state index in [4.69, 9.17) is 0 Å². The maximum absolute atomic E-state index is 9.64. The van der Waals surface area contributed by atoms with Crippen LogP contribution in [0.25, 0.3) is 11.1 Å². The average molecular weight is 273 g/mol. The van der Waals surface area contributed by atoms with Gasteiger partial charge < -0.3 is 10.4 Å². The summed E-state index contributed by atoms with van der Waals surface area (Å²) in [5.41, 5.74) is 6.05. The Bertz CT molecular complexity index is 764. The standard InChI is InChI=1S/C19H15NO/c21-14-7-5-6-13(12-14)20-19-17-10-3-1-8-15(17)16-9-2-4-11-18(16)19/h1-12,19-21H. The molecule has 0 saturated carbocycles. The first-order chi connectivity index (χ1) is 10.3. The van der Waals surface area contributed by atoms with Crippen molar-refractivity contribution < 1.29 is 5.11 Å². The summed E-state index contributed by atoms with van der Waals surface area (Å²) < 4.78 is 0. The Balaban J connectivity index is 1.82. The molecule has 0 spiro atoms. The number of nitrogens with one attached hydrogen (secondary N) is 1. The zero-order valence-electron chi connectivity index (χ0n) is 11.5. The highest BCUT2D eigenvalue weighted by atomic mass is 16.3. The number of phenolic OH excluding ortho intramolecular Hbond substituents is 1. The molecule has 2 N–H and O–H groups in total. The third-order valence-electron chi connectivity index (χ3n) is 3.99.